The fourth-order valence-corrected chi connectivity index (χ4v) is 1.91. The van der Waals surface area contributed by atoms with Crippen LogP contribution in [0.1, 0.15) is 5.56 Å². The minimum atomic E-state index is -0.399. The van der Waals surface area contributed by atoms with Gasteiger partial charge in [0.2, 0.25) is 0 Å². The first kappa shape index (κ1) is 12.4. The lowest BCUT2D eigenvalue weighted by Crippen LogP contribution is -2.66. The van der Waals surface area contributed by atoms with E-state index in [9.17, 15) is 4.79 Å². The van der Waals surface area contributed by atoms with Gasteiger partial charge in [0.05, 0.1) is 0 Å². The molecule has 4 heteroatoms. The Labute approximate surface area is 105 Å². The van der Waals surface area contributed by atoms with Crippen molar-refractivity contribution in [2.75, 3.05) is 6.61 Å². The lowest BCUT2D eigenvalue weighted by Gasteiger charge is -2.06. The number of quaternary nitrogens is 1. The fourth-order valence-electron chi connectivity index (χ4n) is 1.91. The van der Waals surface area contributed by atoms with Crippen LogP contribution in [0, 0.1) is 0 Å². The molecular formula is C14H17N2O2+. The highest BCUT2D eigenvalue weighted by molar-refractivity contribution is 5.84. The minimum absolute atomic E-state index is 0.235. The van der Waals surface area contributed by atoms with Crippen molar-refractivity contribution in [3.8, 4) is 0 Å². The third kappa shape index (κ3) is 2.60. The summed E-state index contributed by atoms with van der Waals surface area (Å²) >= 11 is 0. The zero-order valence-electron chi connectivity index (χ0n) is 10.2. The van der Waals surface area contributed by atoms with E-state index in [1.54, 1.807) is 6.08 Å². The summed E-state index contributed by atoms with van der Waals surface area (Å²) in [5.74, 6) is -0.291. The van der Waals surface area contributed by atoms with Crippen molar-refractivity contribution in [2.24, 2.45) is 0 Å². The molecule has 0 amide bonds. The second kappa shape index (κ2) is 5.51. The Morgan fingerprint density at radius 3 is 3.06 bits per heavy atom. The second-order valence-corrected chi connectivity index (χ2v) is 4.18. The standard InChI is InChI=1S/C14H16N2O2/c1-2-7-18-14(17)12(15)8-10-9-16-13-6-4-3-5-11(10)13/h2-6,9,12,16H,1,7-8,15H2/p+1/t12-/m1/s1. The predicted octanol–water partition coefficient (Wildman–Crippen LogP) is 1.05. The lowest BCUT2D eigenvalue weighted by molar-refractivity contribution is -0.407. The summed E-state index contributed by atoms with van der Waals surface area (Å²) in [6, 6.07) is 7.59. The van der Waals surface area contributed by atoms with Crippen LogP contribution >= 0.6 is 0 Å². The second-order valence-electron chi connectivity index (χ2n) is 4.18. The maximum atomic E-state index is 11.6. The van der Waals surface area contributed by atoms with E-state index in [1.807, 2.05) is 30.5 Å². The van der Waals surface area contributed by atoms with Crippen LogP contribution in [0.5, 0.6) is 0 Å². The van der Waals surface area contributed by atoms with E-state index < -0.39 is 6.04 Å². The molecule has 0 aliphatic carbocycles. The number of carbonyl (C=O) groups excluding carboxylic acids is 1. The highest BCUT2D eigenvalue weighted by Crippen LogP contribution is 2.18. The Hall–Kier alpha value is -2.07. The van der Waals surface area contributed by atoms with E-state index in [1.165, 1.54) is 0 Å². The molecule has 0 spiro atoms. The molecule has 0 unspecified atom stereocenters. The maximum Gasteiger partial charge on any atom is 0.365 e. The molecule has 1 atom stereocenters. The van der Waals surface area contributed by atoms with E-state index >= 15 is 0 Å². The van der Waals surface area contributed by atoms with Gasteiger partial charge in [-0.3, -0.25) is 0 Å². The molecule has 18 heavy (non-hydrogen) atoms. The Morgan fingerprint density at radius 2 is 2.28 bits per heavy atom. The van der Waals surface area contributed by atoms with Gasteiger partial charge in [-0.2, -0.15) is 0 Å². The molecule has 4 nitrogen and oxygen atoms in total. The number of nitrogens with one attached hydrogen (secondary N) is 1. The van der Waals surface area contributed by atoms with Gasteiger partial charge in [-0.15, -0.1) is 0 Å². The molecule has 0 radical (unpaired) electrons. The third-order valence-corrected chi connectivity index (χ3v) is 2.82. The van der Waals surface area contributed by atoms with Gasteiger partial charge >= 0.3 is 5.97 Å². The Balaban J connectivity index is 2.09. The summed E-state index contributed by atoms with van der Waals surface area (Å²) in [7, 11) is 0. The molecule has 94 valence electrons. The summed E-state index contributed by atoms with van der Waals surface area (Å²) in [6.07, 6.45) is 4.04. The topological polar surface area (TPSA) is 69.7 Å². The number of benzene rings is 1. The maximum absolute atomic E-state index is 11.6. The fraction of sp³-hybridized carbons (Fsp3) is 0.214. The minimum Gasteiger partial charge on any atom is -0.457 e. The Morgan fingerprint density at radius 1 is 1.50 bits per heavy atom. The number of hydrogen-bond donors (Lipinski definition) is 2. The van der Waals surface area contributed by atoms with Crippen molar-refractivity contribution < 1.29 is 15.3 Å². The van der Waals surface area contributed by atoms with E-state index in [2.05, 4.69) is 17.3 Å². The smallest absolute Gasteiger partial charge is 0.365 e. The van der Waals surface area contributed by atoms with Crippen LogP contribution < -0.4 is 5.73 Å². The molecule has 1 heterocycles. The van der Waals surface area contributed by atoms with Gasteiger partial charge in [-0.05, 0) is 11.6 Å². The number of H-pyrrole nitrogens is 1. The molecule has 2 rings (SSSR count). The number of aromatic nitrogens is 1. The molecule has 0 saturated carbocycles. The van der Waals surface area contributed by atoms with E-state index in [-0.39, 0.29) is 12.6 Å². The summed E-state index contributed by atoms with van der Waals surface area (Å²) in [5.41, 5.74) is 6.00. The molecule has 0 saturated heterocycles. The average molecular weight is 245 g/mol. The van der Waals surface area contributed by atoms with Crippen molar-refractivity contribution in [1.29, 1.82) is 0 Å². The van der Waals surface area contributed by atoms with E-state index in [0.29, 0.717) is 6.42 Å². The van der Waals surface area contributed by atoms with Crippen LogP contribution in [0.3, 0.4) is 0 Å². The van der Waals surface area contributed by atoms with Crippen LogP contribution in [0.15, 0.2) is 43.1 Å². The van der Waals surface area contributed by atoms with Crippen molar-refractivity contribution in [2.45, 2.75) is 12.5 Å². The lowest BCUT2D eigenvalue weighted by atomic mass is 10.1. The number of hydrogen-bond acceptors (Lipinski definition) is 2. The monoisotopic (exact) mass is 245 g/mol. The normalized spacial score (nSPS) is 12.3. The Bertz CT molecular complexity index is 560. The molecule has 0 bridgehead atoms. The third-order valence-electron chi connectivity index (χ3n) is 2.82. The highest BCUT2D eigenvalue weighted by atomic mass is 16.5. The van der Waals surface area contributed by atoms with Gasteiger partial charge in [0, 0.05) is 23.5 Å². The highest BCUT2D eigenvalue weighted by Gasteiger charge is 2.20. The van der Waals surface area contributed by atoms with Crippen LogP contribution in [0.25, 0.3) is 10.9 Å². The predicted molar refractivity (Wildman–Crippen MR) is 69.8 cm³/mol. The number of carbonyl (C=O) groups is 1. The first-order chi connectivity index (χ1) is 8.72. The average Bonchev–Trinajstić information content (AvgIpc) is 2.79. The summed E-state index contributed by atoms with van der Waals surface area (Å²) in [5, 5.41) is 1.13. The van der Waals surface area contributed by atoms with Crippen molar-refractivity contribution in [1.82, 2.24) is 4.98 Å². The van der Waals surface area contributed by atoms with Gasteiger partial charge < -0.3 is 15.5 Å². The first-order valence-corrected chi connectivity index (χ1v) is 5.88. The summed E-state index contributed by atoms with van der Waals surface area (Å²) in [6.45, 7) is 3.74. The van der Waals surface area contributed by atoms with Gasteiger partial charge in [0.25, 0.3) is 0 Å². The van der Waals surface area contributed by atoms with Crippen LogP contribution in [0.2, 0.25) is 0 Å². The summed E-state index contributed by atoms with van der Waals surface area (Å²) in [4.78, 5) is 14.8. The van der Waals surface area contributed by atoms with Crippen molar-refractivity contribution in [3.05, 3.63) is 48.7 Å². The van der Waals surface area contributed by atoms with Gasteiger partial charge in [-0.1, -0.05) is 30.9 Å². The molecular weight excluding hydrogens is 228 g/mol. The van der Waals surface area contributed by atoms with Crippen molar-refractivity contribution in [3.63, 3.8) is 0 Å². The summed E-state index contributed by atoms with van der Waals surface area (Å²) < 4.78 is 4.98. The zero-order chi connectivity index (χ0) is 13.0. The number of aromatic amines is 1. The van der Waals surface area contributed by atoms with Crippen LogP contribution in [-0.2, 0) is 16.0 Å². The zero-order valence-corrected chi connectivity index (χ0v) is 10.2. The number of ether oxygens (including phenoxy) is 1. The molecule has 0 aliphatic heterocycles. The molecule has 2 aromatic rings. The number of para-hydroxylation sites is 1. The Kier molecular flexibility index (Phi) is 3.79. The van der Waals surface area contributed by atoms with Gasteiger partial charge in [0.15, 0.2) is 6.04 Å². The first-order valence-electron chi connectivity index (χ1n) is 5.88. The largest absolute Gasteiger partial charge is 0.457 e. The quantitative estimate of drug-likeness (QED) is 0.610. The number of esters is 1. The van der Waals surface area contributed by atoms with Crippen molar-refractivity contribution >= 4 is 16.9 Å². The van der Waals surface area contributed by atoms with Crippen LogP contribution in [-0.4, -0.2) is 23.6 Å². The number of fused-ring (bicyclic) bond motifs is 1. The van der Waals surface area contributed by atoms with E-state index in [4.69, 9.17) is 4.74 Å². The molecule has 1 aromatic heterocycles. The number of rotatable bonds is 5. The van der Waals surface area contributed by atoms with Crippen LogP contribution in [0.4, 0.5) is 0 Å². The molecule has 4 N–H and O–H groups in total. The SMILES string of the molecule is C=CCOC(=O)[C@H]([NH3+])Cc1c[nH]c2ccccc12. The molecule has 0 aliphatic rings. The van der Waals surface area contributed by atoms with Gasteiger partial charge in [-0.25, -0.2) is 4.79 Å². The van der Waals surface area contributed by atoms with E-state index in [0.717, 1.165) is 16.5 Å². The molecule has 0 fully saturated rings. The van der Waals surface area contributed by atoms with Gasteiger partial charge in [0.1, 0.15) is 6.61 Å². The molecule has 1 aromatic carbocycles.